The van der Waals surface area contributed by atoms with E-state index >= 15 is 0 Å². The molecule has 0 aromatic carbocycles. The van der Waals surface area contributed by atoms with Gasteiger partial charge >= 0.3 is 0 Å². The van der Waals surface area contributed by atoms with Crippen molar-refractivity contribution in [2.45, 2.75) is 25.8 Å². The molecular formula is C7H16N2. The number of rotatable bonds is 2. The molecule has 1 saturated heterocycles. The largest absolute Gasteiger partial charge is 0.330 e. The maximum Gasteiger partial charge on any atom is 0.00679 e. The number of hydrogen-bond donors (Lipinski definition) is 2. The molecule has 3 N–H and O–H groups in total. The Morgan fingerprint density at radius 2 is 2.44 bits per heavy atom. The molecule has 2 heteroatoms. The molecule has 9 heavy (non-hydrogen) atoms. The van der Waals surface area contributed by atoms with Crippen LogP contribution in [-0.4, -0.2) is 19.1 Å². The third kappa shape index (κ3) is 1.66. The van der Waals surface area contributed by atoms with Crippen LogP contribution >= 0.6 is 0 Å². The summed E-state index contributed by atoms with van der Waals surface area (Å²) in [5.74, 6) is 0.843. The minimum Gasteiger partial charge on any atom is -0.330 e. The highest BCUT2D eigenvalue weighted by Crippen LogP contribution is 2.17. The van der Waals surface area contributed by atoms with Crippen molar-refractivity contribution in [3.05, 3.63) is 0 Å². The first kappa shape index (κ1) is 7.03. The first-order chi connectivity index (χ1) is 4.34. The predicted octanol–water partition coefficient (Wildman–Crippen LogP) is 0.333. The van der Waals surface area contributed by atoms with Crippen LogP contribution in [0.25, 0.3) is 0 Å². The molecule has 2 unspecified atom stereocenters. The van der Waals surface area contributed by atoms with Crippen molar-refractivity contribution >= 4 is 0 Å². The Morgan fingerprint density at radius 1 is 1.67 bits per heavy atom. The molecule has 1 aliphatic rings. The zero-order valence-electron chi connectivity index (χ0n) is 6.06. The van der Waals surface area contributed by atoms with Crippen molar-refractivity contribution in [2.24, 2.45) is 11.7 Å². The fourth-order valence-corrected chi connectivity index (χ4v) is 1.52. The molecule has 1 fully saturated rings. The third-order valence-corrected chi connectivity index (χ3v) is 2.23. The summed E-state index contributed by atoms with van der Waals surface area (Å²) in [6.07, 6.45) is 2.51. The highest BCUT2D eigenvalue weighted by atomic mass is 14.9. The molecule has 0 aliphatic carbocycles. The molecule has 0 bridgehead atoms. The van der Waals surface area contributed by atoms with Crippen LogP contribution in [0.1, 0.15) is 19.8 Å². The van der Waals surface area contributed by atoms with E-state index in [1.807, 2.05) is 0 Å². The zero-order valence-corrected chi connectivity index (χ0v) is 6.06. The maximum atomic E-state index is 5.44. The van der Waals surface area contributed by atoms with Crippen molar-refractivity contribution in [1.82, 2.24) is 5.32 Å². The molecule has 2 atom stereocenters. The summed E-state index contributed by atoms with van der Waals surface area (Å²) in [5.41, 5.74) is 5.44. The van der Waals surface area contributed by atoms with Crippen LogP contribution in [0.4, 0.5) is 0 Å². The highest BCUT2D eigenvalue weighted by molar-refractivity contribution is 4.79. The molecule has 0 aromatic rings. The van der Waals surface area contributed by atoms with Crippen molar-refractivity contribution in [2.75, 3.05) is 13.1 Å². The van der Waals surface area contributed by atoms with Crippen LogP contribution in [0, 0.1) is 5.92 Å². The number of nitrogens with two attached hydrogens (primary N) is 1. The summed E-state index contributed by atoms with van der Waals surface area (Å²) < 4.78 is 0. The van der Waals surface area contributed by atoms with Crippen LogP contribution in [-0.2, 0) is 0 Å². The van der Waals surface area contributed by atoms with Crippen molar-refractivity contribution in [1.29, 1.82) is 0 Å². The minimum absolute atomic E-state index is 0.702. The van der Waals surface area contributed by atoms with Gasteiger partial charge in [0.1, 0.15) is 0 Å². The van der Waals surface area contributed by atoms with Gasteiger partial charge in [0.25, 0.3) is 0 Å². The number of hydrogen-bond acceptors (Lipinski definition) is 2. The molecule has 1 aliphatic heterocycles. The Hall–Kier alpha value is -0.0800. The van der Waals surface area contributed by atoms with Gasteiger partial charge in [0.05, 0.1) is 0 Å². The van der Waals surface area contributed by atoms with Gasteiger partial charge in [-0.2, -0.15) is 0 Å². The van der Waals surface area contributed by atoms with Gasteiger partial charge in [-0.3, -0.25) is 0 Å². The maximum absolute atomic E-state index is 5.44. The van der Waals surface area contributed by atoms with Gasteiger partial charge in [0.2, 0.25) is 0 Å². The molecule has 0 saturated carbocycles. The van der Waals surface area contributed by atoms with Gasteiger partial charge in [-0.1, -0.05) is 0 Å². The van der Waals surface area contributed by atoms with Gasteiger partial charge in [-0.25, -0.2) is 0 Å². The molecule has 0 aromatic heterocycles. The normalized spacial score (nSPS) is 35.3. The average molecular weight is 128 g/mol. The summed E-state index contributed by atoms with van der Waals surface area (Å²) in [6, 6.07) is 0.702. The molecule has 2 nitrogen and oxygen atoms in total. The Balaban J connectivity index is 2.22. The Bertz CT molecular complexity index is 83.0. The zero-order chi connectivity index (χ0) is 6.69. The quantitative estimate of drug-likeness (QED) is 0.562. The van der Waals surface area contributed by atoms with E-state index in [0.29, 0.717) is 6.04 Å². The minimum atomic E-state index is 0.702. The standard InChI is InChI=1S/C7H16N2/c1-6-7(2-4-8)3-5-9-6/h6-7,9H,2-5,8H2,1H3. The van der Waals surface area contributed by atoms with Gasteiger partial charge in [-0.05, 0) is 38.8 Å². The third-order valence-electron chi connectivity index (χ3n) is 2.23. The Morgan fingerprint density at radius 3 is 2.89 bits per heavy atom. The molecule has 0 spiro atoms. The average Bonchev–Trinajstić information content (AvgIpc) is 2.18. The summed E-state index contributed by atoms with van der Waals surface area (Å²) in [5, 5.41) is 3.40. The van der Waals surface area contributed by atoms with E-state index in [-0.39, 0.29) is 0 Å². The van der Waals surface area contributed by atoms with Crippen molar-refractivity contribution in [3.63, 3.8) is 0 Å². The first-order valence-electron chi connectivity index (χ1n) is 3.78. The molecule has 1 rings (SSSR count). The lowest BCUT2D eigenvalue weighted by atomic mass is 9.99. The molecule has 0 radical (unpaired) electrons. The lowest BCUT2D eigenvalue weighted by Crippen LogP contribution is -2.24. The topological polar surface area (TPSA) is 38.0 Å². The van der Waals surface area contributed by atoms with Gasteiger partial charge in [0, 0.05) is 6.04 Å². The smallest absolute Gasteiger partial charge is 0.00679 e. The van der Waals surface area contributed by atoms with E-state index in [0.717, 1.165) is 12.5 Å². The molecular weight excluding hydrogens is 112 g/mol. The SMILES string of the molecule is CC1NCCC1CCN. The molecule has 0 amide bonds. The lowest BCUT2D eigenvalue weighted by Gasteiger charge is -2.12. The highest BCUT2D eigenvalue weighted by Gasteiger charge is 2.20. The van der Waals surface area contributed by atoms with Crippen LogP contribution in [0.15, 0.2) is 0 Å². The predicted molar refractivity (Wildman–Crippen MR) is 39.2 cm³/mol. The van der Waals surface area contributed by atoms with Gasteiger partial charge in [0.15, 0.2) is 0 Å². The summed E-state index contributed by atoms with van der Waals surface area (Å²) in [6.45, 7) is 4.27. The van der Waals surface area contributed by atoms with E-state index in [1.165, 1.54) is 19.4 Å². The van der Waals surface area contributed by atoms with Crippen LogP contribution in [0.5, 0.6) is 0 Å². The van der Waals surface area contributed by atoms with E-state index in [2.05, 4.69) is 12.2 Å². The second kappa shape index (κ2) is 3.18. The summed E-state index contributed by atoms with van der Waals surface area (Å²) >= 11 is 0. The Labute approximate surface area is 56.8 Å². The molecule has 54 valence electrons. The number of nitrogens with one attached hydrogen (secondary N) is 1. The van der Waals surface area contributed by atoms with Crippen LogP contribution in [0.2, 0.25) is 0 Å². The monoisotopic (exact) mass is 128 g/mol. The van der Waals surface area contributed by atoms with Gasteiger partial charge in [-0.15, -0.1) is 0 Å². The summed E-state index contributed by atoms with van der Waals surface area (Å²) in [4.78, 5) is 0. The van der Waals surface area contributed by atoms with Crippen LogP contribution < -0.4 is 11.1 Å². The van der Waals surface area contributed by atoms with Crippen LogP contribution in [0.3, 0.4) is 0 Å². The first-order valence-corrected chi connectivity index (χ1v) is 3.78. The van der Waals surface area contributed by atoms with E-state index in [9.17, 15) is 0 Å². The van der Waals surface area contributed by atoms with Crippen molar-refractivity contribution < 1.29 is 0 Å². The lowest BCUT2D eigenvalue weighted by molar-refractivity contribution is 0.450. The van der Waals surface area contributed by atoms with E-state index in [4.69, 9.17) is 5.73 Å². The fourth-order valence-electron chi connectivity index (χ4n) is 1.52. The molecule has 1 heterocycles. The second-order valence-electron chi connectivity index (χ2n) is 2.87. The Kier molecular flexibility index (Phi) is 2.49. The van der Waals surface area contributed by atoms with E-state index in [1.54, 1.807) is 0 Å². The van der Waals surface area contributed by atoms with E-state index < -0.39 is 0 Å². The second-order valence-corrected chi connectivity index (χ2v) is 2.87. The van der Waals surface area contributed by atoms with Gasteiger partial charge < -0.3 is 11.1 Å². The summed E-state index contributed by atoms with van der Waals surface area (Å²) in [7, 11) is 0. The fraction of sp³-hybridized carbons (Fsp3) is 1.00. The van der Waals surface area contributed by atoms with Crippen molar-refractivity contribution in [3.8, 4) is 0 Å².